The number of piperidine rings is 1. The number of rotatable bonds is 4. The summed E-state index contributed by atoms with van der Waals surface area (Å²) in [4.78, 5) is 5.11. The Bertz CT molecular complexity index is 163. The molecule has 0 radical (unpaired) electrons. The van der Waals surface area contributed by atoms with E-state index in [1.165, 1.54) is 45.4 Å². The summed E-state index contributed by atoms with van der Waals surface area (Å²) in [7, 11) is 0. The number of nitrogens with zero attached hydrogens (tertiary/aromatic N) is 2. The van der Waals surface area contributed by atoms with Gasteiger partial charge in [0.15, 0.2) is 0 Å². The molecule has 0 aromatic heterocycles. The molecule has 0 aromatic rings. The van der Waals surface area contributed by atoms with E-state index in [2.05, 4.69) is 9.80 Å². The lowest BCUT2D eigenvalue weighted by Gasteiger charge is -2.46. The summed E-state index contributed by atoms with van der Waals surface area (Å²) >= 11 is 0. The second-order valence-corrected chi connectivity index (χ2v) is 4.59. The van der Waals surface area contributed by atoms with Crippen molar-refractivity contribution < 1.29 is 5.11 Å². The maximum absolute atomic E-state index is 8.71. The molecule has 2 rings (SSSR count). The molecule has 0 aliphatic carbocycles. The minimum absolute atomic E-state index is 0.338. The highest BCUT2D eigenvalue weighted by Gasteiger charge is 2.31. The first-order valence-electron chi connectivity index (χ1n) is 5.97. The topological polar surface area (TPSA) is 26.7 Å². The zero-order valence-electron chi connectivity index (χ0n) is 8.99. The van der Waals surface area contributed by atoms with Crippen molar-refractivity contribution in [3.8, 4) is 0 Å². The maximum atomic E-state index is 8.71. The zero-order valence-corrected chi connectivity index (χ0v) is 8.99. The molecule has 14 heavy (non-hydrogen) atoms. The Kier molecular flexibility index (Phi) is 3.79. The van der Waals surface area contributed by atoms with Crippen molar-refractivity contribution in [1.29, 1.82) is 0 Å². The lowest BCUT2D eigenvalue weighted by Crippen LogP contribution is -2.60. The van der Waals surface area contributed by atoms with Crippen LogP contribution in [-0.2, 0) is 0 Å². The first kappa shape index (κ1) is 10.4. The van der Waals surface area contributed by atoms with Gasteiger partial charge < -0.3 is 10.0 Å². The molecule has 0 saturated carbocycles. The Morgan fingerprint density at radius 2 is 1.79 bits per heavy atom. The van der Waals surface area contributed by atoms with Gasteiger partial charge in [0.25, 0.3) is 0 Å². The molecule has 2 saturated heterocycles. The van der Waals surface area contributed by atoms with E-state index in [0.29, 0.717) is 6.61 Å². The Balaban J connectivity index is 1.61. The predicted molar refractivity (Wildman–Crippen MR) is 57.4 cm³/mol. The molecule has 82 valence electrons. The van der Waals surface area contributed by atoms with E-state index in [9.17, 15) is 0 Å². The Morgan fingerprint density at radius 3 is 2.43 bits per heavy atom. The number of aliphatic hydroxyl groups is 1. The predicted octanol–water partition coefficient (Wildman–Crippen LogP) is 0.539. The summed E-state index contributed by atoms with van der Waals surface area (Å²) in [5, 5.41) is 8.71. The summed E-state index contributed by atoms with van der Waals surface area (Å²) in [6.45, 7) is 6.53. The molecule has 3 heteroatoms. The lowest BCUT2D eigenvalue weighted by molar-refractivity contribution is 0.0205. The third-order valence-electron chi connectivity index (χ3n) is 3.48. The first-order chi connectivity index (χ1) is 6.90. The lowest BCUT2D eigenvalue weighted by atomic mass is 10.0. The molecule has 2 aliphatic rings. The molecule has 0 atom stereocenters. The van der Waals surface area contributed by atoms with Crippen LogP contribution in [0.5, 0.6) is 0 Å². The van der Waals surface area contributed by atoms with Crippen LogP contribution in [0.2, 0.25) is 0 Å². The van der Waals surface area contributed by atoms with E-state index in [-0.39, 0.29) is 0 Å². The molecule has 0 unspecified atom stereocenters. The normalized spacial score (nSPS) is 26.4. The Morgan fingerprint density at radius 1 is 1.07 bits per heavy atom. The van der Waals surface area contributed by atoms with Crippen LogP contribution in [0.3, 0.4) is 0 Å². The molecule has 1 N–H and O–H groups in total. The third kappa shape index (κ3) is 2.47. The Hall–Kier alpha value is -0.120. The summed E-state index contributed by atoms with van der Waals surface area (Å²) in [5.41, 5.74) is 0. The molecule has 2 heterocycles. The van der Waals surface area contributed by atoms with Gasteiger partial charge in [-0.15, -0.1) is 0 Å². The van der Waals surface area contributed by atoms with Crippen molar-refractivity contribution in [1.82, 2.24) is 9.80 Å². The second-order valence-electron chi connectivity index (χ2n) is 4.59. The molecule has 0 aromatic carbocycles. The minimum Gasteiger partial charge on any atom is -0.396 e. The van der Waals surface area contributed by atoms with Crippen LogP contribution in [0.15, 0.2) is 0 Å². The van der Waals surface area contributed by atoms with Gasteiger partial charge in [-0.2, -0.15) is 0 Å². The fraction of sp³-hybridized carbons (Fsp3) is 1.00. The van der Waals surface area contributed by atoms with Gasteiger partial charge >= 0.3 is 0 Å². The van der Waals surface area contributed by atoms with Crippen LogP contribution < -0.4 is 0 Å². The van der Waals surface area contributed by atoms with Gasteiger partial charge in [-0.05, 0) is 32.4 Å². The van der Waals surface area contributed by atoms with Crippen LogP contribution in [-0.4, -0.2) is 60.3 Å². The van der Waals surface area contributed by atoms with Gasteiger partial charge in [-0.3, -0.25) is 4.90 Å². The Labute approximate surface area is 86.7 Å². The first-order valence-corrected chi connectivity index (χ1v) is 5.97. The second kappa shape index (κ2) is 5.10. The molecule has 0 amide bonds. The van der Waals surface area contributed by atoms with Crippen molar-refractivity contribution in [3.05, 3.63) is 0 Å². The van der Waals surface area contributed by atoms with E-state index in [1.807, 2.05) is 0 Å². The standard InChI is InChI=1S/C11H22N2O/c14-8-4-5-12-9-11(10-12)13-6-2-1-3-7-13/h11,14H,1-10H2. The SMILES string of the molecule is OCCCN1CC(N2CCCCC2)C1. The monoisotopic (exact) mass is 198 g/mol. The smallest absolute Gasteiger partial charge is 0.0443 e. The van der Waals surface area contributed by atoms with Crippen molar-refractivity contribution in [2.45, 2.75) is 31.7 Å². The fourth-order valence-corrected chi connectivity index (χ4v) is 2.53. The number of hydrogen-bond donors (Lipinski definition) is 1. The molecular formula is C11H22N2O. The van der Waals surface area contributed by atoms with Gasteiger partial charge in [0.05, 0.1) is 0 Å². The summed E-state index contributed by atoms with van der Waals surface area (Å²) in [6, 6.07) is 0.828. The van der Waals surface area contributed by atoms with Gasteiger partial charge in [-0.25, -0.2) is 0 Å². The molecular weight excluding hydrogens is 176 g/mol. The highest BCUT2D eigenvalue weighted by atomic mass is 16.3. The van der Waals surface area contributed by atoms with Crippen LogP contribution in [0.4, 0.5) is 0 Å². The van der Waals surface area contributed by atoms with E-state index < -0.39 is 0 Å². The maximum Gasteiger partial charge on any atom is 0.0443 e. The van der Waals surface area contributed by atoms with Gasteiger partial charge in [0, 0.05) is 32.3 Å². The van der Waals surface area contributed by atoms with Gasteiger partial charge in [0.2, 0.25) is 0 Å². The number of likely N-dealkylation sites (tertiary alicyclic amines) is 2. The van der Waals surface area contributed by atoms with E-state index >= 15 is 0 Å². The third-order valence-corrected chi connectivity index (χ3v) is 3.48. The van der Waals surface area contributed by atoms with Crippen molar-refractivity contribution in [3.63, 3.8) is 0 Å². The number of hydrogen-bond acceptors (Lipinski definition) is 3. The van der Waals surface area contributed by atoms with Crippen LogP contribution >= 0.6 is 0 Å². The van der Waals surface area contributed by atoms with Crippen LogP contribution in [0.1, 0.15) is 25.7 Å². The largest absolute Gasteiger partial charge is 0.396 e. The van der Waals surface area contributed by atoms with Crippen molar-refractivity contribution in [2.24, 2.45) is 0 Å². The fourth-order valence-electron chi connectivity index (χ4n) is 2.53. The van der Waals surface area contributed by atoms with Crippen LogP contribution in [0.25, 0.3) is 0 Å². The molecule has 3 nitrogen and oxygen atoms in total. The van der Waals surface area contributed by atoms with E-state index in [4.69, 9.17) is 5.11 Å². The highest BCUT2D eigenvalue weighted by molar-refractivity contribution is 4.88. The average molecular weight is 198 g/mol. The van der Waals surface area contributed by atoms with Crippen LogP contribution in [0, 0.1) is 0 Å². The van der Waals surface area contributed by atoms with E-state index in [0.717, 1.165) is 19.0 Å². The highest BCUT2D eigenvalue weighted by Crippen LogP contribution is 2.19. The quantitative estimate of drug-likeness (QED) is 0.714. The minimum atomic E-state index is 0.338. The van der Waals surface area contributed by atoms with E-state index in [1.54, 1.807) is 0 Å². The summed E-state index contributed by atoms with van der Waals surface area (Å²) < 4.78 is 0. The summed E-state index contributed by atoms with van der Waals surface area (Å²) in [6.07, 6.45) is 5.16. The molecule has 2 aliphatic heterocycles. The molecule has 2 fully saturated rings. The molecule has 0 spiro atoms. The van der Waals surface area contributed by atoms with Crippen molar-refractivity contribution >= 4 is 0 Å². The van der Waals surface area contributed by atoms with Crippen molar-refractivity contribution in [2.75, 3.05) is 39.3 Å². The van der Waals surface area contributed by atoms with Gasteiger partial charge in [-0.1, -0.05) is 6.42 Å². The number of aliphatic hydroxyl groups excluding tert-OH is 1. The summed E-state index contributed by atoms with van der Waals surface area (Å²) in [5.74, 6) is 0. The van der Waals surface area contributed by atoms with Gasteiger partial charge in [0.1, 0.15) is 0 Å². The average Bonchev–Trinajstić information content (AvgIpc) is 2.17. The zero-order chi connectivity index (χ0) is 9.80. The molecule has 0 bridgehead atoms.